The summed E-state index contributed by atoms with van der Waals surface area (Å²) in [6, 6.07) is 6.62. The van der Waals surface area contributed by atoms with Crippen molar-refractivity contribution in [3.8, 4) is 0 Å². The quantitative estimate of drug-likeness (QED) is 0.791. The molecular formula is C15H21N3O2. The number of carbonyl (C=O) groups excluding carboxylic acids is 2. The molecule has 0 unspecified atom stereocenters. The Kier molecular flexibility index (Phi) is 4.61. The molecule has 1 saturated carbocycles. The number of nitrogens with two attached hydrogens (primary N) is 1. The first-order chi connectivity index (χ1) is 9.56. The topological polar surface area (TPSA) is 84.2 Å². The Labute approximate surface area is 118 Å². The zero-order chi connectivity index (χ0) is 14.5. The third kappa shape index (κ3) is 3.73. The van der Waals surface area contributed by atoms with Crippen LogP contribution in [0.4, 0.5) is 10.5 Å². The SMILES string of the molecule is C[C@@H]1CCCC[C@@H]1NC(=O)Nc1cccc(C(N)=O)c1. The maximum Gasteiger partial charge on any atom is 0.319 e. The first-order valence-corrected chi connectivity index (χ1v) is 7.03. The van der Waals surface area contributed by atoms with E-state index in [0.717, 1.165) is 19.3 Å². The fourth-order valence-corrected chi connectivity index (χ4v) is 2.62. The summed E-state index contributed by atoms with van der Waals surface area (Å²) in [6.07, 6.45) is 4.58. The van der Waals surface area contributed by atoms with Crippen LogP contribution in [0.3, 0.4) is 0 Å². The molecule has 1 aliphatic rings. The van der Waals surface area contributed by atoms with Gasteiger partial charge in [-0.1, -0.05) is 25.8 Å². The predicted octanol–water partition coefficient (Wildman–Crippen LogP) is 2.49. The van der Waals surface area contributed by atoms with Gasteiger partial charge in [-0.05, 0) is 37.0 Å². The molecule has 4 N–H and O–H groups in total. The van der Waals surface area contributed by atoms with E-state index >= 15 is 0 Å². The number of nitrogens with one attached hydrogen (secondary N) is 2. The fraction of sp³-hybridized carbons (Fsp3) is 0.467. The molecule has 1 aromatic rings. The number of anilines is 1. The highest BCUT2D eigenvalue weighted by molar-refractivity contribution is 5.95. The number of primary amides is 1. The van der Waals surface area contributed by atoms with Gasteiger partial charge in [0, 0.05) is 17.3 Å². The number of benzene rings is 1. The van der Waals surface area contributed by atoms with Crippen molar-refractivity contribution in [3.05, 3.63) is 29.8 Å². The lowest BCUT2D eigenvalue weighted by Crippen LogP contribution is -2.43. The van der Waals surface area contributed by atoms with Crippen LogP contribution in [0.15, 0.2) is 24.3 Å². The minimum atomic E-state index is -0.505. The Balaban J connectivity index is 1.94. The summed E-state index contributed by atoms with van der Waals surface area (Å²) in [7, 11) is 0. The van der Waals surface area contributed by atoms with Gasteiger partial charge in [0.15, 0.2) is 0 Å². The van der Waals surface area contributed by atoms with Gasteiger partial charge in [0.2, 0.25) is 5.91 Å². The van der Waals surface area contributed by atoms with Crippen molar-refractivity contribution in [2.24, 2.45) is 11.7 Å². The Bertz CT molecular complexity index is 502. The summed E-state index contributed by atoms with van der Waals surface area (Å²) in [5.74, 6) is 0.00131. The van der Waals surface area contributed by atoms with E-state index in [0.29, 0.717) is 17.2 Å². The number of rotatable bonds is 3. The van der Waals surface area contributed by atoms with Crippen LogP contribution >= 0.6 is 0 Å². The largest absolute Gasteiger partial charge is 0.366 e. The second-order valence-electron chi connectivity index (χ2n) is 5.41. The molecule has 1 aliphatic carbocycles. The molecule has 2 rings (SSSR count). The molecule has 0 radical (unpaired) electrons. The highest BCUT2D eigenvalue weighted by Gasteiger charge is 2.22. The van der Waals surface area contributed by atoms with Crippen LogP contribution in [0.5, 0.6) is 0 Å². The zero-order valence-corrected chi connectivity index (χ0v) is 11.7. The molecule has 20 heavy (non-hydrogen) atoms. The predicted molar refractivity (Wildman–Crippen MR) is 78.5 cm³/mol. The van der Waals surface area contributed by atoms with Gasteiger partial charge in [-0.15, -0.1) is 0 Å². The average molecular weight is 275 g/mol. The maximum absolute atomic E-state index is 12.0. The highest BCUT2D eigenvalue weighted by Crippen LogP contribution is 2.23. The van der Waals surface area contributed by atoms with Crippen LogP contribution in [0, 0.1) is 5.92 Å². The third-order valence-corrected chi connectivity index (χ3v) is 3.83. The van der Waals surface area contributed by atoms with E-state index in [4.69, 9.17) is 5.73 Å². The molecular weight excluding hydrogens is 254 g/mol. The van der Waals surface area contributed by atoms with E-state index in [1.165, 1.54) is 6.42 Å². The van der Waals surface area contributed by atoms with E-state index in [2.05, 4.69) is 17.6 Å². The molecule has 0 spiro atoms. The maximum atomic E-state index is 12.0. The van der Waals surface area contributed by atoms with E-state index in [1.807, 2.05) is 0 Å². The van der Waals surface area contributed by atoms with Gasteiger partial charge in [0.25, 0.3) is 0 Å². The second kappa shape index (κ2) is 6.41. The zero-order valence-electron chi connectivity index (χ0n) is 11.7. The molecule has 5 heteroatoms. The smallest absolute Gasteiger partial charge is 0.319 e. The molecule has 108 valence electrons. The summed E-state index contributed by atoms with van der Waals surface area (Å²) >= 11 is 0. The highest BCUT2D eigenvalue weighted by atomic mass is 16.2. The summed E-state index contributed by atoms with van der Waals surface area (Å²) in [5, 5.41) is 5.75. The molecule has 0 saturated heterocycles. The molecule has 3 amide bonds. The van der Waals surface area contributed by atoms with Crippen LogP contribution in [-0.4, -0.2) is 18.0 Å². The lowest BCUT2D eigenvalue weighted by molar-refractivity contribution is 0.100. The molecule has 0 aliphatic heterocycles. The molecule has 1 fully saturated rings. The van der Waals surface area contributed by atoms with Crippen LogP contribution in [0.25, 0.3) is 0 Å². The number of carbonyl (C=O) groups is 2. The Morgan fingerprint density at radius 1 is 1.25 bits per heavy atom. The second-order valence-corrected chi connectivity index (χ2v) is 5.41. The molecule has 2 atom stereocenters. The average Bonchev–Trinajstić information content (AvgIpc) is 2.41. The number of amides is 3. The van der Waals surface area contributed by atoms with Crippen LogP contribution in [0.1, 0.15) is 43.0 Å². The van der Waals surface area contributed by atoms with E-state index < -0.39 is 5.91 Å². The Morgan fingerprint density at radius 3 is 2.70 bits per heavy atom. The van der Waals surface area contributed by atoms with Crippen molar-refractivity contribution in [1.82, 2.24) is 5.32 Å². The van der Waals surface area contributed by atoms with E-state index in [1.54, 1.807) is 24.3 Å². The third-order valence-electron chi connectivity index (χ3n) is 3.83. The summed E-state index contributed by atoms with van der Waals surface area (Å²) < 4.78 is 0. The minimum Gasteiger partial charge on any atom is -0.366 e. The molecule has 1 aromatic carbocycles. The van der Waals surface area contributed by atoms with E-state index in [-0.39, 0.29) is 12.1 Å². The summed E-state index contributed by atoms with van der Waals surface area (Å²) in [6.45, 7) is 2.16. The van der Waals surface area contributed by atoms with Gasteiger partial charge >= 0.3 is 6.03 Å². The standard InChI is InChI=1S/C15H21N3O2/c1-10-5-2-3-8-13(10)18-15(20)17-12-7-4-6-11(9-12)14(16)19/h4,6-7,9-10,13H,2-3,5,8H2,1H3,(H2,16,19)(H2,17,18,20)/t10-,13+/m1/s1. The summed E-state index contributed by atoms with van der Waals surface area (Å²) in [4.78, 5) is 23.1. The molecule has 0 aromatic heterocycles. The van der Waals surface area contributed by atoms with Gasteiger partial charge in [-0.2, -0.15) is 0 Å². The lowest BCUT2D eigenvalue weighted by atomic mass is 9.86. The summed E-state index contributed by atoms with van der Waals surface area (Å²) in [5.41, 5.74) is 6.17. The number of urea groups is 1. The van der Waals surface area contributed by atoms with Gasteiger partial charge in [-0.3, -0.25) is 4.79 Å². The Morgan fingerprint density at radius 2 is 2.00 bits per heavy atom. The van der Waals surface area contributed by atoms with Gasteiger partial charge in [0.05, 0.1) is 0 Å². The van der Waals surface area contributed by atoms with Crippen molar-refractivity contribution >= 4 is 17.6 Å². The number of hydrogen-bond acceptors (Lipinski definition) is 2. The van der Waals surface area contributed by atoms with Gasteiger partial charge in [0.1, 0.15) is 0 Å². The van der Waals surface area contributed by atoms with E-state index in [9.17, 15) is 9.59 Å². The van der Waals surface area contributed by atoms with Crippen molar-refractivity contribution < 1.29 is 9.59 Å². The molecule has 0 heterocycles. The van der Waals surface area contributed by atoms with Crippen LogP contribution in [0.2, 0.25) is 0 Å². The van der Waals surface area contributed by atoms with Gasteiger partial charge < -0.3 is 16.4 Å². The Hall–Kier alpha value is -2.04. The monoisotopic (exact) mass is 275 g/mol. The lowest BCUT2D eigenvalue weighted by Gasteiger charge is -2.29. The minimum absolute atomic E-state index is 0.225. The van der Waals surface area contributed by atoms with Crippen LogP contribution < -0.4 is 16.4 Å². The van der Waals surface area contributed by atoms with Crippen molar-refractivity contribution in [2.75, 3.05) is 5.32 Å². The molecule has 0 bridgehead atoms. The van der Waals surface area contributed by atoms with Crippen molar-refractivity contribution in [1.29, 1.82) is 0 Å². The first kappa shape index (κ1) is 14.4. The first-order valence-electron chi connectivity index (χ1n) is 7.03. The number of hydrogen-bond donors (Lipinski definition) is 3. The van der Waals surface area contributed by atoms with Gasteiger partial charge in [-0.25, -0.2) is 4.79 Å². The normalized spacial score (nSPS) is 22.1. The van der Waals surface area contributed by atoms with Crippen molar-refractivity contribution in [2.45, 2.75) is 38.6 Å². The fourth-order valence-electron chi connectivity index (χ4n) is 2.62. The van der Waals surface area contributed by atoms with Crippen molar-refractivity contribution in [3.63, 3.8) is 0 Å². The van der Waals surface area contributed by atoms with Crippen LogP contribution in [-0.2, 0) is 0 Å². The molecule has 5 nitrogen and oxygen atoms in total.